The maximum Gasteiger partial charge on any atom is 1.00 e. The van der Waals surface area contributed by atoms with Gasteiger partial charge in [0.1, 0.15) is 5.75 Å². The first kappa shape index (κ1) is 19.5. The molecule has 11 heteroatoms. The van der Waals surface area contributed by atoms with Crippen molar-refractivity contribution in [2.45, 2.75) is 0 Å². The number of anilines is 1. The zero-order chi connectivity index (χ0) is 15.2. The molecule has 0 aliphatic carbocycles. The normalized spacial score (nSPS) is 10.6. The van der Waals surface area contributed by atoms with Gasteiger partial charge in [0, 0.05) is 6.07 Å². The van der Waals surface area contributed by atoms with E-state index in [0.717, 1.165) is 6.26 Å². The molecule has 1 N–H and O–H groups in total. The second kappa shape index (κ2) is 8.74. The van der Waals surface area contributed by atoms with E-state index in [4.69, 9.17) is 4.74 Å². The van der Waals surface area contributed by atoms with Crippen molar-refractivity contribution < 1.29 is 56.8 Å². The summed E-state index contributed by atoms with van der Waals surface area (Å²) < 4.78 is 43.0. The van der Waals surface area contributed by atoms with Crippen molar-refractivity contribution in [1.29, 1.82) is 0 Å². The van der Waals surface area contributed by atoms with E-state index in [9.17, 15) is 17.8 Å². The Morgan fingerprint density at radius 2 is 2.14 bits per heavy atom. The zero-order valence-electron chi connectivity index (χ0n) is 11.3. The van der Waals surface area contributed by atoms with Crippen molar-refractivity contribution in [2.24, 2.45) is 9.63 Å². The van der Waals surface area contributed by atoms with E-state index < -0.39 is 16.4 Å². The molecule has 1 amide bonds. The van der Waals surface area contributed by atoms with E-state index in [0.29, 0.717) is 0 Å². The SMILES string of the molecule is C=COC(=O)Nc1ccc(N=NS(=O)(=O)[O-])cc1OC.[Na+]. The van der Waals surface area contributed by atoms with Crippen LogP contribution in [0.15, 0.2) is 40.7 Å². The summed E-state index contributed by atoms with van der Waals surface area (Å²) in [5.41, 5.74) is 0.312. The molecule has 0 aliphatic rings. The molecular formula is C10H10N3NaO6S. The first-order valence-electron chi connectivity index (χ1n) is 5.01. The molecule has 0 heterocycles. The maximum absolute atomic E-state index is 11.2. The van der Waals surface area contributed by atoms with Gasteiger partial charge in [-0.25, -0.2) is 13.2 Å². The average molecular weight is 323 g/mol. The topological polar surface area (TPSA) is 129 Å². The van der Waals surface area contributed by atoms with Gasteiger partial charge in [-0.1, -0.05) is 11.1 Å². The molecule has 1 rings (SSSR count). The van der Waals surface area contributed by atoms with Crippen LogP contribution in [-0.2, 0) is 15.0 Å². The number of ether oxygens (including phenoxy) is 2. The minimum absolute atomic E-state index is 0. The van der Waals surface area contributed by atoms with Crippen molar-refractivity contribution in [3.05, 3.63) is 31.0 Å². The summed E-state index contributed by atoms with van der Waals surface area (Å²) in [6, 6.07) is 3.97. The van der Waals surface area contributed by atoms with E-state index in [1.54, 1.807) is 0 Å². The second-order valence-corrected chi connectivity index (χ2v) is 4.21. The maximum atomic E-state index is 11.2. The standard InChI is InChI=1S/C10H11N3O6S.Na/c1-3-19-10(14)11-8-5-4-7(6-9(8)18-2)12-13-20(15,16)17;/h3-6H,1H2,2H3,(H,11,14)(H,15,16,17);/q;+1/p-1. The number of nitrogens with one attached hydrogen (secondary N) is 1. The molecular weight excluding hydrogens is 313 g/mol. The Hall–Kier alpha value is -1.46. The molecule has 1 aromatic carbocycles. The number of benzene rings is 1. The third-order valence-corrected chi connectivity index (χ3v) is 2.15. The smallest absolute Gasteiger partial charge is 0.728 e. The Morgan fingerprint density at radius 1 is 1.48 bits per heavy atom. The van der Waals surface area contributed by atoms with E-state index in [1.807, 2.05) is 0 Å². The molecule has 21 heavy (non-hydrogen) atoms. The van der Waals surface area contributed by atoms with Gasteiger partial charge in [-0.15, -0.1) is 5.11 Å². The van der Waals surface area contributed by atoms with E-state index in [1.165, 1.54) is 25.3 Å². The summed E-state index contributed by atoms with van der Waals surface area (Å²) >= 11 is 0. The summed E-state index contributed by atoms with van der Waals surface area (Å²) in [5.74, 6) is 0.172. The van der Waals surface area contributed by atoms with Gasteiger partial charge in [-0.2, -0.15) is 0 Å². The average Bonchev–Trinajstić information content (AvgIpc) is 2.37. The predicted molar refractivity (Wildman–Crippen MR) is 67.5 cm³/mol. The molecule has 0 fully saturated rings. The van der Waals surface area contributed by atoms with Crippen molar-refractivity contribution in [3.8, 4) is 5.75 Å². The van der Waals surface area contributed by atoms with Gasteiger partial charge in [-0.05, 0) is 12.1 Å². The Balaban J connectivity index is 0.00000400. The monoisotopic (exact) mass is 323 g/mol. The van der Waals surface area contributed by atoms with E-state index in [-0.39, 0.29) is 46.7 Å². The van der Waals surface area contributed by atoms with Crippen molar-refractivity contribution >= 4 is 27.8 Å². The minimum atomic E-state index is -4.81. The first-order chi connectivity index (χ1) is 9.35. The molecule has 0 saturated heterocycles. The van der Waals surface area contributed by atoms with Crippen molar-refractivity contribution in [2.75, 3.05) is 12.4 Å². The fourth-order valence-electron chi connectivity index (χ4n) is 1.16. The summed E-state index contributed by atoms with van der Waals surface area (Å²) in [6.07, 6.45) is 0.165. The van der Waals surface area contributed by atoms with Crippen LogP contribution >= 0.6 is 0 Å². The molecule has 0 atom stereocenters. The fourth-order valence-corrected chi connectivity index (χ4v) is 1.35. The van der Waals surface area contributed by atoms with Gasteiger partial charge >= 0.3 is 35.7 Å². The number of amides is 1. The quantitative estimate of drug-likeness (QED) is 0.318. The Morgan fingerprint density at radius 3 is 2.67 bits per heavy atom. The molecule has 0 radical (unpaired) electrons. The van der Waals surface area contributed by atoms with Gasteiger partial charge in [0.25, 0.3) is 0 Å². The molecule has 0 spiro atoms. The summed E-state index contributed by atoms with van der Waals surface area (Å²) in [6.45, 7) is 3.22. The van der Waals surface area contributed by atoms with Crippen LogP contribution < -0.4 is 39.6 Å². The number of carbonyl (C=O) groups is 1. The summed E-state index contributed by atoms with van der Waals surface area (Å²) in [5, 5.41) is 5.58. The number of hydrogen-bond donors (Lipinski definition) is 1. The molecule has 0 aliphatic heterocycles. The van der Waals surface area contributed by atoms with Gasteiger partial charge < -0.3 is 14.0 Å². The fraction of sp³-hybridized carbons (Fsp3) is 0.100. The molecule has 9 nitrogen and oxygen atoms in total. The van der Waals surface area contributed by atoms with Crippen LogP contribution in [0.25, 0.3) is 0 Å². The molecule has 108 valence electrons. The molecule has 0 aromatic heterocycles. The van der Waals surface area contributed by atoms with Crippen LogP contribution in [0.1, 0.15) is 0 Å². The summed E-state index contributed by atoms with van der Waals surface area (Å²) in [7, 11) is -3.49. The van der Waals surface area contributed by atoms with Crippen molar-refractivity contribution in [1.82, 2.24) is 0 Å². The van der Waals surface area contributed by atoms with E-state index >= 15 is 0 Å². The van der Waals surface area contributed by atoms with Gasteiger partial charge in [0.05, 0.1) is 24.7 Å². The third kappa shape index (κ3) is 7.20. The minimum Gasteiger partial charge on any atom is -0.728 e. The van der Waals surface area contributed by atoms with Gasteiger partial charge in [0.2, 0.25) is 10.3 Å². The van der Waals surface area contributed by atoms with E-state index in [2.05, 4.69) is 26.3 Å². The Bertz CT molecular complexity index is 646. The third-order valence-electron chi connectivity index (χ3n) is 1.87. The van der Waals surface area contributed by atoms with Crippen LogP contribution in [0.3, 0.4) is 0 Å². The van der Waals surface area contributed by atoms with Crippen LogP contribution in [0, 0.1) is 0 Å². The van der Waals surface area contributed by atoms with Crippen LogP contribution in [0.2, 0.25) is 0 Å². The van der Waals surface area contributed by atoms with Crippen LogP contribution in [-0.4, -0.2) is 26.2 Å². The zero-order valence-corrected chi connectivity index (χ0v) is 14.1. The molecule has 0 bridgehead atoms. The molecule has 0 saturated carbocycles. The van der Waals surface area contributed by atoms with Gasteiger partial charge in [-0.3, -0.25) is 5.32 Å². The predicted octanol–water partition coefficient (Wildman–Crippen LogP) is -1.06. The Labute approximate surface area is 143 Å². The molecule has 1 aromatic rings. The second-order valence-electron chi connectivity index (χ2n) is 3.19. The van der Waals surface area contributed by atoms with Crippen LogP contribution in [0.5, 0.6) is 5.75 Å². The van der Waals surface area contributed by atoms with Crippen molar-refractivity contribution in [3.63, 3.8) is 0 Å². The first-order valence-corrected chi connectivity index (χ1v) is 6.37. The number of rotatable bonds is 5. The molecule has 0 unspecified atom stereocenters. The number of nitrogens with zero attached hydrogens (tertiary/aromatic N) is 2. The number of carbonyl (C=O) groups excluding carboxylic acids is 1. The largest absolute Gasteiger partial charge is 1.00 e. The van der Waals surface area contributed by atoms with Crippen LogP contribution in [0.4, 0.5) is 16.2 Å². The summed E-state index contributed by atoms with van der Waals surface area (Å²) in [4.78, 5) is 11.2. The Kier molecular flexibility index (Phi) is 8.14. The number of methoxy groups -OCH3 is 1. The number of hydrogen-bond acceptors (Lipinski definition) is 7. The van der Waals surface area contributed by atoms with Gasteiger partial charge in [0.15, 0.2) is 0 Å².